The summed E-state index contributed by atoms with van der Waals surface area (Å²) in [5.74, 6) is 1.85. The Morgan fingerprint density at radius 2 is 2.10 bits per heavy atom. The van der Waals surface area contributed by atoms with Gasteiger partial charge < -0.3 is 14.5 Å². The zero-order valence-corrected chi connectivity index (χ0v) is 17.6. The van der Waals surface area contributed by atoms with Crippen molar-refractivity contribution in [1.82, 2.24) is 15.5 Å². The van der Waals surface area contributed by atoms with Crippen LogP contribution in [0.2, 0.25) is 10.0 Å². The molecule has 1 aromatic carbocycles. The predicted molar refractivity (Wildman–Crippen MR) is 110 cm³/mol. The number of aromatic nitrogens is 2. The zero-order chi connectivity index (χ0) is 20.0. The second-order valence-electron chi connectivity index (χ2n) is 6.85. The number of nitrogens with one attached hydrogen (secondary N) is 2. The average Bonchev–Trinajstić information content (AvgIpc) is 3.37. The Kier molecular flexibility index (Phi) is 4.83. The fourth-order valence-corrected chi connectivity index (χ4v) is 5.37. The summed E-state index contributed by atoms with van der Waals surface area (Å²) in [5, 5.41) is 13.5. The molecule has 2 N–H and O–H groups in total. The number of aromatic amines is 1. The summed E-state index contributed by atoms with van der Waals surface area (Å²) in [6.45, 7) is 1.30. The second kappa shape index (κ2) is 7.49. The highest BCUT2D eigenvalue weighted by Crippen LogP contribution is 2.37. The molecule has 146 valence electrons. The lowest BCUT2D eigenvalue weighted by atomic mass is 9.86. The third-order valence-corrected chi connectivity index (χ3v) is 7.13. The summed E-state index contributed by atoms with van der Waals surface area (Å²) in [4.78, 5) is 12.7. The number of rotatable bonds is 4. The van der Waals surface area contributed by atoms with Crippen LogP contribution in [0.15, 0.2) is 51.7 Å². The van der Waals surface area contributed by atoms with Crippen LogP contribution in [0.3, 0.4) is 0 Å². The molecule has 0 fully saturated rings. The van der Waals surface area contributed by atoms with Gasteiger partial charge in [0.1, 0.15) is 33.4 Å². The molecule has 0 spiro atoms. The number of benzene rings is 1. The molecular weight excluding hydrogens is 429 g/mol. The maximum Gasteiger partial charge on any atom is 0.173 e. The van der Waals surface area contributed by atoms with Crippen molar-refractivity contribution in [3.63, 3.8) is 0 Å². The van der Waals surface area contributed by atoms with Gasteiger partial charge in [-0.05, 0) is 24.3 Å². The first kappa shape index (κ1) is 18.7. The maximum absolute atomic E-state index is 12.7. The van der Waals surface area contributed by atoms with E-state index in [1.165, 1.54) is 0 Å². The molecule has 2 radical (unpaired) electrons. The number of H-pyrrole nitrogens is 1. The number of furan rings is 1. The Hall–Kier alpha value is -2.32. The molecule has 29 heavy (non-hydrogen) atoms. The van der Waals surface area contributed by atoms with Gasteiger partial charge in [0.25, 0.3) is 0 Å². The lowest BCUT2D eigenvalue weighted by Gasteiger charge is -2.29. The highest BCUT2D eigenvalue weighted by Gasteiger charge is 2.37. The maximum atomic E-state index is 12.7. The molecule has 1 atom stereocenters. The predicted octanol–water partition coefficient (Wildman–Crippen LogP) is 2.79. The number of Topliss-reactive ketones (excluding diaryl/α,β-unsaturated/α-hetero) is 1. The Morgan fingerprint density at radius 3 is 2.97 bits per heavy atom. The van der Waals surface area contributed by atoms with Gasteiger partial charge in [-0.3, -0.25) is 9.89 Å². The van der Waals surface area contributed by atoms with Gasteiger partial charge in [0.2, 0.25) is 0 Å². The van der Waals surface area contributed by atoms with Crippen LogP contribution in [0.25, 0.3) is 0 Å². The number of ketones is 1. The summed E-state index contributed by atoms with van der Waals surface area (Å²) in [7, 11) is 0.418. The van der Waals surface area contributed by atoms with E-state index < -0.39 is 0 Å². The van der Waals surface area contributed by atoms with E-state index in [4.69, 9.17) is 32.4 Å². The number of halogens is 2. The first-order chi connectivity index (χ1) is 14.1. The second-order valence-corrected chi connectivity index (χ2v) is 9.01. The number of nitrogens with zero attached hydrogens (tertiary/aromatic N) is 1. The number of hydrogen-bond donors (Lipinski definition) is 2. The van der Waals surface area contributed by atoms with E-state index >= 15 is 0 Å². The minimum Gasteiger partial charge on any atom is -0.486 e. The van der Waals surface area contributed by atoms with Crippen molar-refractivity contribution in [3.05, 3.63) is 74.4 Å². The molecule has 2 aliphatic heterocycles. The average molecular weight is 444 g/mol. The normalized spacial score (nSPS) is 18.6. The first-order valence-electron chi connectivity index (χ1n) is 9.04. The van der Waals surface area contributed by atoms with Crippen molar-refractivity contribution in [1.29, 1.82) is 0 Å². The van der Waals surface area contributed by atoms with Crippen LogP contribution < -0.4 is 15.4 Å². The number of carbonyl (C=O) groups is 1. The van der Waals surface area contributed by atoms with Crippen molar-refractivity contribution in [2.75, 3.05) is 13.1 Å². The van der Waals surface area contributed by atoms with E-state index in [9.17, 15) is 4.79 Å². The summed E-state index contributed by atoms with van der Waals surface area (Å²) >= 11 is 12.0. The number of hydrogen-bond acceptors (Lipinski definition) is 5. The molecule has 2 aromatic heterocycles. The molecule has 2 aliphatic rings. The van der Waals surface area contributed by atoms with Crippen molar-refractivity contribution >= 4 is 43.8 Å². The van der Waals surface area contributed by atoms with Crippen molar-refractivity contribution < 1.29 is 13.9 Å². The van der Waals surface area contributed by atoms with Crippen LogP contribution in [-0.2, 0) is 11.4 Å². The minimum absolute atomic E-state index is 0.112. The van der Waals surface area contributed by atoms with Crippen LogP contribution in [0.1, 0.15) is 23.0 Å². The minimum atomic E-state index is -0.242. The molecule has 0 aliphatic carbocycles. The zero-order valence-electron chi connectivity index (χ0n) is 15.1. The smallest absolute Gasteiger partial charge is 0.173 e. The summed E-state index contributed by atoms with van der Waals surface area (Å²) in [6.07, 6.45) is 1.79. The topological polar surface area (TPSA) is 80.2 Å². The van der Waals surface area contributed by atoms with Crippen LogP contribution in [-0.4, -0.2) is 38.6 Å². The molecule has 6 nitrogen and oxygen atoms in total. The van der Waals surface area contributed by atoms with E-state index in [-0.39, 0.29) is 18.3 Å². The van der Waals surface area contributed by atoms with Crippen LogP contribution in [0.4, 0.5) is 0 Å². The van der Waals surface area contributed by atoms with Gasteiger partial charge >= 0.3 is 0 Å². The Morgan fingerprint density at radius 1 is 1.21 bits per heavy atom. The first-order valence-corrected chi connectivity index (χ1v) is 10.8. The summed E-state index contributed by atoms with van der Waals surface area (Å²) < 4.78 is 11.9. The van der Waals surface area contributed by atoms with E-state index in [1.54, 1.807) is 24.4 Å². The SMILES string of the molecule is O=C1CNCC2=C1C(c1ccc(COc3ccc(Cl)c(Cl)c3)o1)c1cn[nH]c1[Si]2. The Labute approximate surface area is 179 Å². The number of ether oxygens (including phenoxy) is 1. The fourth-order valence-electron chi connectivity index (χ4n) is 3.67. The molecule has 0 saturated heterocycles. The lowest BCUT2D eigenvalue weighted by Crippen LogP contribution is -2.43. The number of fused-ring (bicyclic) bond motifs is 1. The van der Waals surface area contributed by atoms with Gasteiger partial charge in [-0.1, -0.05) is 28.4 Å². The molecule has 0 bridgehead atoms. The van der Waals surface area contributed by atoms with E-state index in [0.717, 1.165) is 21.7 Å². The fraction of sp³-hybridized carbons (Fsp3) is 0.200. The molecule has 1 unspecified atom stereocenters. The third kappa shape index (κ3) is 3.44. The van der Waals surface area contributed by atoms with Gasteiger partial charge in [-0.15, -0.1) is 0 Å². The molecule has 9 heteroatoms. The van der Waals surface area contributed by atoms with Gasteiger partial charge in [-0.25, -0.2) is 0 Å². The standard InChI is InChI=1S/C20H15Cl2N3O3Si/c21-13-3-1-10(5-14(13)22)27-9-11-2-4-16(28-11)18-12-6-24-25-20(12)29-17-8-23-7-15(26)19(17)18/h1-6,18,23H,7-9H2,(H,24,25). The highest BCUT2D eigenvalue weighted by atomic mass is 35.5. The van der Waals surface area contributed by atoms with E-state index in [0.29, 0.717) is 49.9 Å². The van der Waals surface area contributed by atoms with Gasteiger partial charge in [0.05, 0.1) is 28.7 Å². The number of carbonyl (C=O) groups excluding carboxylic acids is 1. The highest BCUT2D eigenvalue weighted by molar-refractivity contribution is 6.62. The molecule has 0 amide bonds. The molecule has 3 aromatic rings. The largest absolute Gasteiger partial charge is 0.486 e. The molecule has 0 saturated carbocycles. The summed E-state index contributed by atoms with van der Waals surface area (Å²) in [6, 6.07) is 8.88. The van der Waals surface area contributed by atoms with Crippen molar-refractivity contribution in [3.8, 4) is 5.75 Å². The van der Waals surface area contributed by atoms with E-state index in [2.05, 4.69) is 15.5 Å². The van der Waals surface area contributed by atoms with Gasteiger partial charge in [-0.2, -0.15) is 5.10 Å². The quantitative estimate of drug-likeness (QED) is 0.605. The Balaban J connectivity index is 1.42. The van der Waals surface area contributed by atoms with Crippen molar-refractivity contribution in [2.45, 2.75) is 12.5 Å². The van der Waals surface area contributed by atoms with Crippen LogP contribution in [0.5, 0.6) is 5.75 Å². The van der Waals surface area contributed by atoms with Crippen LogP contribution >= 0.6 is 23.2 Å². The van der Waals surface area contributed by atoms with E-state index in [1.807, 2.05) is 12.1 Å². The molecule has 5 rings (SSSR count). The van der Waals surface area contributed by atoms with Crippen LogP contribution in [0, 0.1) is 0 Å². The summed E-state index contributed by atoms with van der Waals surface area (Å²) in [5.41, 5.74) is 1.84. The molecule has 4 heterocycles. The van der Waals surface area contributed by atoms with Gasteiger partial charge in [0, 0.05) is 29.1 Å². The molecular formula is C20H15Cl2N3O3Si. The van der Waals surface area contributed by atoms with Gasteiger partial charge in [0.15, 0.2) is 5.78 Å². The Bertz CT molecular complexity index is 1140. The lowest BCUT2D eigenvalue weighted by molar-refractivity contribution is -0.115. The van der Waals surface area contributed by atoms with Crippen molar-refractivity contribution in [2.24, 2.45) is 0 Å². The third-order valence-electron chi connectivity index (χ3n) is 5.00. The monoisotopic (exact) mass is 443 g/mol.